The van der Waals surface area contributed by atoms with Crippen molar-refractivity contribution in [3.8, 4) is 5.75 Å². The van der Waals surface area contributed by atoms with E-state index >= 15 is 0 Å². The number of rotatable bonds is 4. The Labute approximate surface area is 83.3 Å². The second-order valence-corrected chi connectivity index (χ2v) is 2.93. The summed E-state index contributed by atoms with van der Waals surface area (Å²) in [6.45, 7) is 1.79. The number of carbonyl (C=O) groups is 1. The molecular formula is C10H14N2O2. The number of Topliss-reactive ketones (excluding diaryl/α,β-unsaturated/α-hetero) is 1. The normalized spacial score (nSPS) is 12.2. The number of ether oxygens (including phenoxy) is 1. The lowest BCUT2D eigenvalue weighted by Gasteiger charge is -2.10. The van der Waals surface area contributed by atoms with Gasteiger partial charge < -0.3 is 10.1 Å². The average Bonchev–Trinajstić information content (AvgIpc) is 2.26. The summed E-state index contributed by atoms with van der Waals surface area (Å²) >= 11 is 0. The lowest BCUT2D eigenvalue weighted by atomic mass is 10.1. The Hall–Kier alpha value is -1.42. The number of nitrogens with one attached hydrogen (secondary N) is 1. The molecule has 76 valence electrons. The summed E-state index contributed by atoms with van der Waals surface area (Å²) in [5.74, 6) is 0.449. The van der Waals surface area contributed by atoms with E-state index in [0.29, 0.717) is 11.4 Å². The third-order valence-electron chi connectivity index (χ3n) is 2.05. The summed E-state index contributed by atoms with van der Waals surface area (Å²) in [4.78, 5) is 15.8. The van der Waals surface area contributed by atoms with Gasteiger partial charge in [0.2, 0.25) is 5.78 Å². The highest BCUT2D eigenvalue weighted by Gasteiger charge is 2.18. The number of aromatic nitrogens is 1. The van der Waals surface area contributed by atoms with Gasteiger partial charge in [-0.15, -0.1) is 0 Å². The van der Waals surface area contributed by atoms with Crippen LogP contribution in [0.2, 0.25) is 0 Å². The van der Waals surface area contributed by atoms with Gasteiger partial charge in [0.05, 0.1) is 13.2 Å². The van der Waals surface area contributed by atoms with Gasteiger partial charge in [-0.05, 0) is 26.1 Å². The number of pyridine rings is 1. The zero-order valence-electron chi connectivity index (χ0n) is 8.57. The van der Waals surface area contributed by atoms with Crippen molar-refractivity contribution in [2.45, 2.75) is 13.0 Å². The van der Waals surface area contributed by atoms with Crippen molar-refractivity contribution in [2.75, 3.05) is 14.2 Å². The summed E-state index contributed by atoms with van der Waals surface area (Å²) < 4.78 is 5.05. The molecule has 14 heavy (non-hydrogen) atoms. The summed E-state index contributed by atoms with van der Waals surface area (Å²) in [6.07, 6.45) is 1.58. The molecule has 1 aromatic rings. The molecule has 0 fully saturated rings. The molecule has 0 aliphatic carbocycles. The molecule has 1 atom stereocenters. The van der Waals surface area contributed by atoms with Crippen molar-refractivity contribution in [2.24, 2.45) is 0 Å². The molecular weight excluding hydrogens is 180 g/mol. The van der Waals surface area contributed by atoms with Crippen molar-refractivity contribution >= 4 is 5.78 Å². The summed E-state index contributed by atoms with van der Waals surface area (Å²) in [6, 6.07) is 3.21. The first kappa shape index (κ1) is 10.7. The van der Waals surface area contributed by atoms with Crippen LogP contribution in [-0.4, -0.2) is 31.0 Å². The summed E-state index contributed by atoms with van der Waals surface area (Å²) in [7, 11) is 3.26. The van der Waals surface area contributed by atoms with Crippen molar-refractivity contribution in [1.82, 2.24) is 10.3 Å². The van der Waals surface area contributed by atoms with Gasteiger partial charge in [-0.3, -0.25) is 4.79 Å². The lowest BCUT2D eigenvalue weighted by Crippen LogP contribution is -2.31. The van der Waals surface area contributed by atoms with Crippen LogP contribution in [0.1, 0.15) is 17.4 Å². The molecule has 1 heterocycles. The van der Waals surface area contributed by atoms with E-state index in [4.69, 9.17) is 4.74 Å². The van der Waals surface area contributed by atoms with E-state index in [9.17, 15) is 4.79 Å². The minimum absolute atomic E-state index is 0.0649. The van der Waals surface area contributed by atoms with Gasteiger partial charge in [0.25, 0.3) is 0 Å². The Morgan fingerprint density at radius 2 is 2.36 bits per heavy atom. The zero-order chi connectivity index (χ0) is 10.6. The Kier molecular flexibility index (Phi) is 3.59. The Balaban J connectivity index is 3.00. The molecule has 4 heteroatoms. The Morgan fingerprint density at radius 1 is 1.64 bits per heavy atom. The molecule has 0 bridgehead atoms. The highest BCUT2D eigenvalue weighted by molar-refractivity contribution is 6.00. The van der Waals surface area contributed by atoms with Crippen LogP contribution < -0.4 is 10.1 Å². The predicted octanol–water partition coefficient (Wildman–Crippen LogP) is 0.881. The minimum Gasteiger partial charge on any atom is -0.494 e. The van der Waals surface area contributed by atoms with E-state index in [1.54, 1.807) is 32.3 Å². The second-order valence-electron chi connectivity index (χ2n) is 2.93. The van der Waals surface area contributed by atoms with Crippen LogP contribution in [0.3, 0.4) is 0 Å². The molecule has 0 aliphatic heterocycles. The molecule has 0 spiro atoms. The van der Waals surface area contributed by atoms with Gasteiger partial charge in [0.15, 0.2) is 0 Å². The monoisotopic (exact) mass is 194 g/mol. The highest BCUT2D eigenvalue weighted by Crippen LogP contribution is 2.15. The number of nitrogens with zero attached hydrogens (tertiary/aromatic N) is 1. The molecule has 4 nitrogen and oxygen atoms in total. The quantitative estimate of drug-likeness (QED) is 0.723. The van der Waals surface area contributed by atoms with Crippen LogP contribution in [0.25, 0.3) is 0 Å². The predicted molar refractivity (Wildman–Crippen MR) is 53.6 cm³/mol. The summed E-state index contributed by atoms with van der Waals surface area (Å²) in [5.41, 5.74) is 0.372. The molecule has 0 radical (unpaired) electrons. The van der Waals surface area contributed by atoms with Crippen molar-refractivity contribution in [3.05, 3.63) is 24.0 Å². The molecule has 1 rings (SSSR count). The van der Waals surface area contributed by atoms with Crippen molar-refractivity contribution in [3.63, 3.8) is 0 Å². The molecule has 0 saturated heterocycles. The molecule has 0 saturated carbocycles. The van der Waals surface area contributed by atoms with E-state index in [1.165, 1.54) is 7.11 Å². The molecule has 0 aromatic carbocycles. The topological polar surface area (TPSA) is 51.2 Å². The van der Waals surface area contributed by atoms with Crippen molar-refractivity contribution in [1.29, 1.82) is 0 Å². The van der Waals surface area contributed by atoms with E-state index in [2.05, 4.69) is 10.3 Å². The average molecular weight is 194 g/mol. The van der Waals surface area contributed by atoms with E-state index < -0.39 is 0 Å². The number of methoxy groups -OCH3 is 1. The lowest BCUT2D eigenvalue weighted by molar-refractivity contribution is 0.0947. The molecule has 1 aromatic heterocycles. The van der Waals surface area contributed by atoms with Crippen LogP contribution >= 0.6 is 0 Å². The number of ketones is 1. The van der Waals surface area contributed by atoms with Gasteiger partial charge in [-0.1, -0.05) is 0 Å². The van der Waals surface area contributed by atoms with Gasteiger partial charge in [0, 0.05) is 6.20 Å². The largest absolute Gasteiger partial charge is 0.494 e. The number of hydrogen-bond acceptors (Lipinski definition) is 4. The third-order valence-corrected chi connectivity index (χ3v) is 2.05. The number of hydrogen-bond donors (Lipinski definition) is 1. The Bertz CT molecular complexity index is 326. The maximum atomic E-state index is 11.8. The summed E-state index contributed by atoms with van der Waals surface area (Å²) in [5, 5.41) is 2.87. The van der Waals surface area contributed by atoms with Crippen molar-refractivity contribution < 1.29 is 9.53 Å². The number of likely N-dealkylation sites (N-methyl/N-ethyl adjacent to an activating group) is 1. The van der Waals surface area contributed by atoms with Crippen LogP contribution in [0.4, 0.5) is 0 Å². The van der Waals surface area contributed by atoms with Crippen LogP contribution in [-0.2, 0) is 0 Å². The van der Waals surface area contributed by atoms with Gasteiger partial charge in [-0.2, -0.15) is 0 Å². The molecule has 0 aliphatic rings. The number of carbonyl (C=O) groups excluding carboxylic acids is 1. The maximum absolute atomic E-state index is 11.8. The van der Waals surface area contributed by atoms with E-state index in [-0.39, 0.29) is 11.8 Å². The second kappa shape index (κ2) is 4.72. The van der Waals surface area contributed by atoms with E-state index in [0.717, 1.165) is 0 Å². The molecule has 0 amide bonds. The fourth-order valence-electron chi connectivity index (χ4n) is 1.08. The first-order valence-electron chi connectivity index (χ1n) is 4.41. The van der Waals surface area contributed by atoms with E-state index in [1.807, 2.05) is 0 Å². The van der Waals surface area contributed by atoms with Crippen LogP contribution in [0.5, 0.6) is 5.75 Å². The fourth-order valence-corrected chi connectivity index (χ4v) is 1.08. The van der Waals surface area contributed by atoms with Crippen LogP contribution in [0.15, 0.2) is 18.3 Å². The van der Waals surface area contributed by atoms with Gasteiger partial charge in [-0.25, -0.2) is 4.98 Å². The molecule has 1 unspecified atom stereocenters. The van der Waals surface area contributed by atoms with Gasteiger partial charge in [0.1, 0.15) is 11.4 Å². The third kappa shape index (κ3) is 2.09. The highest BCUT2D eigenvalue weighted by atomic mass is 16.5. The minimum atomic E-state index is -0.251. The van der Waals surface area contributed by atoms with Crippen LogP contribution in [0, 0.1) is 0 Å². The fraction of sp³-hybridized carbons (Fsp3) is 0.400. The first-order valence-corrected chi connectivity index (χ1v) is 4.41. The zero-order valence-corrected chi connectivity index (χ0v) is 8.57. The smallest absolute Gasteiger partial charge is 0.201 e. The Morgan fingerprint density at radius 3 is 2.93 bits per heavy atom. The molecule has 1 N–H and O–H groups in total. The standard InChI is InChI=1S/C10H14N2O2/c1-7(11-2)10(13)9-8(14-3)5-4-6-12-9/h4-7,11H,1-3H3. The van der Waals surface area contributed by atoms with Gasteiger partial charge >= 0.3 is 0 Å². The first-order chi connectivity index (χ1) is 6.70. The SMILES string of the molecule is CNC(C)C(=O)c1ncccc1OC. The maximum Gasteiger partial charge on any atom is 0.201 e.